The number of rotatable bonds is 4. The highest BCUT2D eigenvalue weighted by Crippen LogP contribution is 2.31. The average Bonchev–Trinajstić information content (AvgIpc) is 2.50. The minimum Gasteiger partial charge on any atom is -0.478 e. The number of hydrogen-bond acceptors (Lipinski definition) is 5. The van der Waals surface area contributed by atoms with Gasteiger partial charge in [-0.3, -0.25) is 14.5 Å². The van der Waals surface area contributed by atoms with Crippen LogP contribution in [0.25, 0.3) is 0 Å². The molecule has 3 amide bonds. The summed E-state index contributed by atoms with van der Waals surface area (Å²) in [7, 11) is 1.35. The van der Waals surface area contributed by atoms with E-state index in [9.17, 15) is 18.8 Å². The van der Waals surface area contributed by atoms with Gasteiger partial charge in [-0.2, -0.15) is 0 Å². The molecule has 0 aliphatic carbocycles. The molecule has 3 N–H and O–H groups in total. The SMILES string of the molecule is CN(C(=O)OC(C)(C)C)[C@@H](C[C@@H]1Oc2ccc(F)cc2NC1=O)C(N)=O. The van der Waals surface area contributed by atoms with Crippen molar-refractivity contribution in [2.75, 3.05) is 12.4 Å². The summed E-state index contributed by atoms with van der Waals surface area (Å²) in [6.07, 6.45) is -2.00. The molecule has 1 heterocycles. The normalized spacial score (nSPS) is 17.4. The van der Waals surface area contributed by atoms with Crippen molar-refractivity contribution in [3.8, 4) is 5.75 Å². The van der Waals surface area contributed by atoms with Gasteiger partial charge in [0.05, 0.1) is 5.69 Å². The van der Waals surface area contributed by atoms with Gasteiger partial charge in [0.15, 0.2) is 6.10 Å². The fourth-order valence-corrected chi connectivity index (χ4v) is 2.41. The molecule has 0 radical (unpaired) electrons. The maximum Gasteiger partial charge on any atom is 0.410 e. The van der Waals surface area contributed by atoms with Crippen molar-refractivity contribution in [3.63, 3.8) is 0 Å². The minimum absolute atomic E-state index is 0.173. The van der Waals surface area contributed by atoms with Gasteiger partial charge in [0.1, 0.15) is 23.2 Å². The monoisotopic (exact) mass is 367 g/mol. The second-order valence-electron chi connectivity index (χ2n) is 6.98. The zero-order valence-electron chi connectivity index (χ0n) is 15.0. The van der Waals surface area contributed by atoms with Crippen molar-refractivity contribution in [1.29, 1.82) is 0 Å². The van der Waals surface area contributed by atoms with E-state index in [1.165, 1.54) is 19.2 Å². The maximum absolute atomic E-state index is 13.2. The summed E-state index contributed by atoms with van der Waals surface area (Å²) in [5.74, 6) is -1.63. The van der Waals surface area contributed by atoms with Crippen molar-refractivity contribution in [2.24, 2.45) is 5.73 Å². The number of nitrogens with two attached hydrogens (primary N) is 1. The molecule has 1 aromatic carbocycles. The molecular weight excluding hydrogens is 345 g/mol. The third-order valence-electron chi connectivity index (χ3n) is 3.68. The lowest BCUT2D eigenvalue weighted by Gasteiger charge is -2.32. The van der Waals surface area contributed by atoms with Gasteiger partial charge in [0, 0.05) is 19.5 Å². The summed E-state index contributed by atoms with van der Waals surface area (Å²) in [5, 5.41) is 2.51. The molecule has 0 bridgehead atoms. The second-order valence-corrected chi connectivity index (χ2v) is 6.98. The number of halogens is 1. The lowest BCUT2D eigenvalue weighted by Crippen LogP contribution is -2.51. The molecule has 8 nitrogen and oxygen atoms in total. The third kappa shape index (κ3) is 4.62. The van der Waals surface area contributed by atoms with Crippen LogP contribution in [0.4, 0.5) is 14.9 Å². The first-order valence-electron chi connectivity index (χ1n) is 8.00. The summed E-state index contributed by atoms with van der Waals surface area (Å²) >= 11 is 0. The molecule has 0 unspecified atom stereocenters. The van der Waals surface area contributed by atoms with Crippen molar-refractivity contribution in [1.82, 2.24) is 4.90 Å². The number of carbonyl (C=O) groups excluding carboxylic acids is 3. The summed E-state index contributed by atoms with van der Waals surface area (Å²) in [6, 6.07) is 2.56. The van der Waals surface area contributed by atoms with E-state index in [1.54, 1.807) is 20.8 Å². The molecule has 0 saturated carbocycles. The topological polar surface area (TPSA) is 111 Å². The Kier molecular flexibility index (Phi) is 5.38. The number of amides is 3. The molecule has 1 aromatic rings. The van der Waals surface area contributed by atoms with Crippen molar-refractivity contribution in [2.45, 2.75) is 44.9 Å². The predicted octanol–water partition coefficient (Wildman–Crippen LogP) is 1.64. The maximum atomic E-state index is 13.2. The zero-order valence-corrected chi connectivity index (χ0v) is 15.0. The molecule has 0 spiro atoms. The van der Waals surface area contributed by atoms with Crippen LogP contribution in [0.2, 0.25) is 0 Å². The number of benzene rings is 1. The fraction of sp³-hybridized carbons (Fsp3) is 0.471. The largest absolute Gasteiger partial charge is 0.478 e. The Hall–Kier alpha value is -2.84. The van der Waals surface area contributed by atoms with Crippen molar-refractivity contribution >= 4 is 23.6 Å². The van der Waals surface area contributed by atoms with Gasteiger partial charge in [-0.05, 0) is 32.9 Å². The van der Waals surface area contributed by atoms with E-state index in [4.69, 9.17) is 15.2 Å². The predicted molar refractivity (Wildman–Crippen MR) is 91.0 cm³/mol. The molecule has 0 saturated heterocycles. The van der Waals surface area contributed by atoms with E-state index in [-0.39, 0.29) is 17.9 Å². The standard InChI is InChI=1S/C17H22FN3O5/c1-17(2,3)26-16(24)21(4)11(14(19)22)8-13-15(23)20-10-7-9(18)5-6-12(10)25-13/h5-7,11,13H,8H2,1-4H3,(H2,19,22)(H,20,23)/t11-,13-/m0/s1. The Labute approximate surface area is 150 Å². The fourth-order valence-electron chi connectivity index (χ4n) is 2.41. The van der Waals surface area contributed by atoms with Gasteiger partial charge in [0.25, 0.3) is 5.91 Å². The smallest absolute Gasteiger partial charge is 0.410 e. The van der Waals surface area contributed by atoms with Crippen LogP contribution in [0, 0.1) is 5.82 Å². The molecule has 1 aliphatic heterocycles. The van der Waals surface area contributed by atoms with E-state index in [0.717, 1.165) is 11.0 Å². The highest BCUT2D eigenvalue weighted by atomic mass is 19.1. The highest BCUT2D eigenvalue weighted by molar-refractivity contribution is 5.98. The molecule has 0 aromatic heterocycles. The number of primary amides is 1. The minimum atomic E-state index is -1.12. The van der Waals surface area contributed by atoms with Crippen LogP contribution in [0.15, 0.2) is 18.2 Å². The van der Waals surface area contributed by atoms with Crippen molar-refractivity contribution in [3.05, 3.63) is 24.0 Å². The summed E-state index contributed by atoms with van der Waals surface area (Å²) < 4.78 is 24.0. The van der Waals surface area contributed by atoms with Gasteiger partial charge in [-0.1, -0.05) is 0 Å². The molecule has 2 rings (SSSR count). The number of fused-ring (bicyclic) bond motifs is 1. The van der Waals surface area contributed by atoms with E-state index in [0.29, 0.717) is 0 Å². The molecule has 142 valence electrons. The van der Waals surface area contributed by atoms with Crippen LogP contribution in [-0.2, 0) is 14.3 Å². The molecule has 2 atom stereocenters. The van der Waals surface area contributed by atoms with E-state index in [1.807, 2.05) is 0 Å². The Morgan fingerprint density at radius 3 is 2.65 bits per heavy atom. The Morgan fingerprint density at radius 2 is 2.08 bits per heavy atom. The molecule has 1 aliphatic rings. The Morgan fingerprint density at radius 1 is 1.42 bits per heavy atom. The Bertz CT molecular complexity index is 732. The first kappa shape index (κ1) is 19.5. The summed E-state index contributed by atoms with van der Waals surface area (Å²) in [6.45, 7) is 5.06. The van der Waals surface area contributed by atoms with Gasteiger partial charge in [-0.15, -0.1) is 0 Å². The van der Waals surface area contributed by atoms with E-state index < -0.39 is 41.5 Å². The van der Waals surface area contributed by atoms with Crippen LogP contribution >= 0.6 is 0 Å². The first-order valence-corrected chi connectivity index (χ1v) is 8.00. The van der Waals surface area contributed by atoms with E-state index in [2.05, 4.69) is 5.32 Å². The number of ether oxygens (including phenoxy) is 2. The van der Waals surface area contributed by atoms with Crippen LogP contribution in [0.5, 0.6) is 5.75 Å². The van der Waals surface area contributed by atoms with Crippen LogP contribution in [-0.4, -0.2) is 47.6 Å². The lowest BCUT2D eigenvalue weighted by molar-refractivity contribution is -0.127. The molecular formula is C17H22FN3O5. The number of anilines is 1. The lowest BCUT2D eigenvalue weighted by atomic mass is 10.1. The van der Waals surface area contributed by atoms with E-state index >= 15 is 0 Å². The van der Waals surface area contributed by atoms with Gasteiger partial charge in [-0.25, -0.2) is 9.18 Å². The first-order chi connectivity index (χ1) is 12.0. The molecule has 0 fully saturated rings. The summed E-state index contributed by atoms with van der Waals surface area (Å²) in [4.78, 5) is 37.2. The average molecular weight is 367 g/mol. The Balaban J connectivity index is 2.15. The van der Waals surface area contributed by atoms with Crippen molar-refractivity contribution < 1.29 is 28.2 Å². The van der Waals surface area contributed by atoms with Crippen LogP contribution in [0.1, 0.15) is 27.2 Å². The van der Waals surface area contributed by atoms with Gasteiger partial charge < -0.3 is 20.5 Å². The highest BCUT2D eigenvalue weighted by Gasteiger charge is 2.36. The molecule has 26 heavy (non-hydrogen) atoms. The summed E-state index contributed by atoms with van der Waals surface area (Å²) in [5.41, 5.74) is 4.83. The second kappa shape index (κ2) is 7.19. The third-order valence-corrected chi connectivity index (χ3v) is 3.68. The van der Waals surface area contributed by atoms with Crippen LogP contribution < -0.4 is 15.8 Å². The number of carbonyl (C=O) groups is 3. The zero-order chi connectivity index (χ0) is 19.6. The van der Waals surface area contributed by atoms with Gasteiger partial charge >= 0.3 is 6.09 Å². The van der Waals surface area contributed by atoms with Gasteiger partial charge in [0.2, 0.25) is 5.91 Å². The van der Waals surface area contributed by atoms with Crippen LogP contribution in [0.3, 0.4) is 0 Å². The quantitative estimate of drug-likeness (QED) is 0.840. The number of hydrogen-bond donors (Lipinski definition) is 2. The number of nitrogens with zero attached hydrogens (tertiary/aromatic N) is 1. The number of likely N-dealkylation sites (N-methyl/N-ethyl adjacent to an activating group) is 1. The molecule has 9 heteroatoms. The number of nitrogens with one attached hydrogen (secondary N) is 1.